The number of benzene rings is 2. The van der Waals surface area contributed by atoms with E-state index in [1.54, 1.807) is 73.1 Å². The quantitative estimate of drug-likeness (QED) is 0.652. The summed E-state index contributed by atoms with van der Waals surface area (Å²) in [5.74, 6) is 0. The van der Waals surface area contributed by atoms with Gasteiger partial charge in [-0.15, -0.1) is 0 Å². The fourth-order valence-corrected chi connectivity index (χ4v) is 4.41. The lowest BCUT2D eigenvalue weighted by atomic mass is 10.1. The van der Waals surface area contributed by atoms with Crippen molar-refractivity contribution in [2.45, 2.75) is 17.9 Å². The first-order valence-electron chi connectivity index (χ1n) is 7.75. The number of sulfonamides is 1. The van der Waals surface area contributed by atoms with Crippen LogP contribution < -0.4 is 4.31 Å². The minimum Gasteiger partial charge on any atom is -0.264 e. The highest BCUT2D eigenvalue weighted by atomic mass is 35.5. The van der Waals surface area contributed by atoms with Crippen LogP contribution in [0.3, 0.4) is 0 Å². The lowest BCUT2D eigenvalue weighted by Gasteiger charge is -2.30. The lowest BCUT2D eigenvalue weighted by molar-refractivity contribution is 0.582. The molecule has 0 N–H and O–H groups in total. The summed E-state index contributed by atoms with van der Waals surface area (Å²) in [6.45, 7) is 1.84. The Hall–Kier alpha value is -2.37. The predicted octanol–water partition coefficient (Wildman–Crippen LogP) is 4.69. The lowest BCUT2D eigenvalue weighted by Crippen LogP contribution is -2.33. The molecule has 0 spiro atoms. The Morgan fingerprint density at radius 3 is 2.24 bits per heavy atom. The van der Waals surface area contributed by atoms with Gasteiger partial charge < -0.3 is 0 Å². The van der Waals surface area contributed by atoms with Gasteiger partial charge in [0.1, 0.15) is 0 Å². The number of aromatic nitrogens is 1. The van der Waals surface area contributed by atoms with Gasteiger partial charge in [0.05, 0.1) is 16.6 Å². The molecule has 0 saturated heterocycles. The van der Waals surface area contributed by atoms with Gasteiger partial charge in [0.15, 0.2) is 0 Å². The van der Waals surface area contributed by atoms with Crippen molar-refractivity contribution in [2.75, 3.05) is 4.31 Å². The minimum atomic E-state index is -3.75. The molecule has 0 aliphatic carbocycles. The van der Waals surface area contributed by atoms with E-state index >= 15 is 0 Å². The van der Waals surface area contributed by atoms with Gasteiger partial charge in [0, 0.05) is 17.4 Å². The molecule has 128 valence electrons. The molecule has 6 heteroatoms. The number of nitrogens with zero attached hydrogens (tertiary/aromatic N) is 2. The predicted molar refractivity (Wildman–Crippen MR) is 100 cm³/mol. The van der Waals surface area contributed by atoms with Crippen LogP contribution in [0.2, 0.25) is 5.02 Å². The van der Waals surface area contributed by atoms with Gasteiger partial charge in [-0.05, 0) is 55.0 Å². The Kier molecular flexibility index (Phi) is 5.06. The average molecular weight is 373 g/mol. The van der Waals surface area contributed by atoms with Gasteiger partial charge in [-0.1, -0.05) is 35.9 Å². The van der Waals surface area contributed by atoms with E-state index in [0.29, 0.717) is 10.7 Å². The average Bonchev–Trinajstić information content (AvgIpc) is 2.65. The van der Waals surface area contributed by atoms with Crippen LogP contribution in [0, 0.1) is 0 Å². The second-order valence-electron chi connectivity index (χ2n) is 5.55. The van der Waals surface area contributed by atoms with Crippen LogP contribution in [-0.4, -0.2) is 13.4 Å². The summed E-state index contributed by atoms with van der Waals surface area (Å²) in [6.07, 6.45) is 3.34. The topological polar surface area (TPSA) is 50.3 Å². The van der Waals surface area contributed by atoms with E-state index in [4.69, 9.17) is 11.6 Å². The Labute approximate surface area is 152 Å². The van der Waals surface area contributed by atoms with Crippen molar-refractivity contribution >= 4 is 27.3 Å². The summed E-state index contributed by atoms with van der Waals surface area (Å²) in [4.78, 5) is 4.34. The minimum absolute atomic E-state index is 0.237. The molecule has 1 unspecified atom stereocenters. The van der Waals surface area contributed by atoms with E-state index in [-0.39, 0.29) is 4.90 Å². The summed E-state index contributed by atoms with van der Waals surface area (Å²) in [6, 6.07) is 18.4. The van der Waals surface area contributed by atoms with Gasteiger partial charge in [0.25, 0.3) is 10.0 Å². The van der Waals surface area contributed by atoms with Crippen molar-refractivity contribution in [3.8, 4) is 0 Å². The first kappa shape index (κ1) is 17.5. The van der Waals surface area contributed by atoms with E-state index in [0.717, 1.165) is 5.56 Å². The monoisotopic (exact) mass is 372 g/mol. The van der Waals surface area contributed by atoms with Crippen LogP contribution in [0.1, 0.15) is 18.5 Å². The van der Waals surface area contributed by atoms with E-state index in [1.807, 2.05) is 13.0 Å². The smallest absolute Gasteiger partial charge is 0.264 e. The third-order valence-electron chi connectivity index (χ3n) is 3.90. The summed E-state index contributed by atoms with van der Waals surface area (Å²) in [5.41, 5.74) is 1.35. The molecule has 0 saturated carbocycles. The van der Waals surface area contributed by atoms with Crippen molar-refractivity contribution in [3.63, 3.8) is 0 Å². The molecular formula is C19H17ClN2O2S. The zero-order valence-corrected chi connectivity index (χ0v) is 15.2. The molecule has 0 fully saturated rings. The highest BCUT2D eigenvalue weighted by Crippen LogP contribution is 2.33. The maximum Gasteiger partial charge on any atom is 0.264 e. The summed E-state index contributed by atoms with van der Waals surface area (Å²) >= 11 is 5.97. The molecule has 0 amide bonds. The van der Waals surface area contributed by atoms with E-state index in [9.17, 15) is 8.42 Å². The Bertz CT molecular complexity index is 930. The van der Waals surface area contributed by atoms with Crippen molar-refractivity contribution in [3.05, 3.63) is 89.7 Å². The summed E-state index contributed by atoms with van der Waals surface area (Å²) in [5, 5.41) is 0.551. The highest BCUT2D eigenvalue weighted by Gasteiger charge is 2.30. The zero-order valence-electron chi connectivity index (χ0n) is 13.6. The van der Waals surface area contributed by atoms with Crippen molar-refractivity contribution in [1.29, 1.82) is 0 Å². The van der Waals surface area contributed by atoms with Gasteiger partial charge in [-0.2, -0.15) is 0 Å². The number of rotatable bonds is 5. The fraction of sp³-hybridized carbons (Fsp3) is 0.105. The number of anilines is 1. The third kappa shape index (κ3) is 3.67. The van der Waals surface area contributed by atoms with E-state index < -0.39 is 16.1 Å². The van der Waals surface area contributed by atoms with Crippen LogP contribution in [0.15, 0.2) is 84.0 Å². The number of halogens is 1. The van der Waals surface area contributed by atoms with Crippen LogP contribution in [0.25, 0.3) is 0 Å². The van der Waals surface area contributed by atoms with Crippen LogP contribution in [-0.2, 0) is 10.0 Å². The molecular weight excluding hydrogens is 356 g/mol. The molecule has 4 nitrogen and oxygen atoms in total. The van der Waals surface area contributed by atoms with Gasteiger partial charge in [-0.3, -0.25) is 9.29 Å². The van der Waals surface area contributed by atoms with E-state index in [1.165, 1.54) is 4.31 Å². The molecule has 25 heavy (non-hydrogen) atoms. The van der Waals surface area contributed by atoms with Gasteiger partial charge in [0.2, 0.25) is 0 Å². The molecule has 1 aromatic heterocycles. The molecule has 0 aliphatic heterocycles. The first-order valence-corrected chi connectivity index (χ1v) is 9.57. The molecule has 1 atom stereocenters. The molecule has 0 aliphatic rings. The normalized spacial score (nSPS) is 12.6. The number of hydrogen-bond acceptors (Lipinski definition) is 3. The third-order valence-corrected chi connectivity index (χ3v) is 6.06. The summed E-state index contributed by atoms with van der Waals surface area (Å²) < 4.78 is 28.0. The Morgan fingerprint density at radius 1 is 0.960 bits per heavy atom. The van der Waals surface area contributed by atoms with Crippen molar-refractivity contribution in [1.82, 2.24) is 4.98 Å². The summed E-state index contributed by atoms with van der Waals surface area (Å²) in [7, 11) is -3.75. The fourth-order valence-electron chi connectivity index (χ4n) is 2.62. The maximum absolute atomic E-state index is 13.3. The largest absolute Gasteiger partial charge is 0.264 e. The SMILES string of the molecule is CC(c1cccnc1)N(c1ccc(Cl)cc1)S(=O)(=O)c1ccccc1. The second kappa shape index (κ2) is 7.25. The van der Waals surface area contributed by atoms with Gasteiger partial charge in [-0.25, -0.2) is 8.42 Å². The first-order chi connectivity index (χ1) is 12.0. The van der Waals surface area contributed by atoms with Crippen molar-refractivity contribution < 1.29 is 8.42 Å². The molecule has 1 heterocycles. The Balaban J connectivity index is 2.14. The van der Waals surface area contributed by atoms with Crippen LogP contribution >= 0.6 is 11.6 Å². The molecule has 3 rings (SSSR count). The number of hydrogen-bond donors (Lipinski definition) is 0. The highest BCUT2D eigenvalue weighted by molar-refractivity contribution is 7.92. The zero-order chi connectivity index (χ0) is 17.9. The van der Waals surface area contributed by atoms with Crippen LogP contribution in [0.4, 0.5) is 5.69 Å². The van der Waals surface area contributed by atoms with Crippen molar-refractivity contribution in [2.24, 2.45) is 0 Å². The van der Waals surface area contributed by atoms with Gasteiger partial charge >= 0.3 is 0 Å². The maximum atomic E-state index is 13.3. The molecule has 0 radical (unpaired) electrons. The molecule has 3 aromatic rings. The van der Waals surface area contributed by atoms with Crippen LogP contribution in [0.5, 0.6) is 0 Å². The Morgan fingerprint density at radius 2 is 1.64 bits per heavy atom. The second-order valence-corrected chi connectivity index (χ2v) is 7.80. The number of pyridine rings is 1. The standard InChI is InChI=1S/C19H17ClN2O2S/c1-15(16-6-5-13-21-14-16)22(18-11-9-17(20)10-12-18)25(23,24)19-7-3-2-4-8-19/h2-15H,1H3. The molecule has 0 bridgehead atoms. The molecule has 2 aromatic carbocycles. The van der Waals surface area contributed by atoms with E-state index in [2.05, 4.69) is 4.98 Å².